The largest absolute Gasteiger partial charge is 0.294 e. The Bertz CT molecular complexity index is 345. The fourth-order valence-corrected chi connectivity index (χ4v) is 1.09. The van der Waals surface area contributed by atoms with E-state index in [2.05, 4.69) is 6.58 Å². The molecule has 0 atom stereocenters. The summed E-state index contributed by atoms with van der Waals surface area (Å²) < 4.78 is 39.3. The van der Waals surface area contributed by atoms with Gasteiger partial charge >= 0.3 is 0 Å². The zero-order chi connectivity index (χ0) is 10.3. The Hall–Kier alpha value is -1.20. The van der Waals surface area contributed by atoms with Gasteiger partial charge in [-0.25, -0.2) is 4.39 Å². The first-order chi connectivity index (χ1) is 6.02. The quantitative estimate of drug-likeness (QED) is 0.712. The average molecular weight is 204 g/mol. The summed E-state index contributed by atoms with van der Waals surface area (Å²) in [7, 11) is -4.00. The molecule has 0 aromatic heterocycles. The van der Waals surface area contributed by atoms with Gasteiger partial charge in [0.1, 0.15) is 0 Å². The van der Waals surface area contributed by atoms with Crippen molar-refractivity contribution in [2.24, 2.45) is 0 Å². The normalized spacial score (nSPS) is 9.69. The summed E-state index contributed by atoms with van der Waals surface area (Å²) in [5.74, 6) is 0. The maximum atomic E-state index is 10.4. The van der Waals surface area contributed by atoms with Gasteiger partial charge in [-0.15, -0.1) is 0 Å². The molecule has 1 aromatic carbocycles. The van der Waals surface area contributed by atoms with Gasteiger partial charge in [0.15, 0.2) is 0 Å². The summed E-state index contributed by atoms with van der Waals surface area (Å²) in [5, 5.41) is 0. The smallest absolute Gasteiger partial charge is 0.282 e. The molecule has 13 heavy (non-hydrogen) atoms. The standard InChI is InChI=1S/C6H6O3S.C2H3F/c7-10(8,9)6-4-2-1-3-5-6;1-2-3/h1-5H,(H,7,8,9);2H,1H2. The number of benzene rings is 1. The van der Waals surface area contributed by atoms with E-state index in [4.69, 9.17) is 4.55 Å². The molecule has 0 unspecified atom stereocenters. The molecule has 1 N–H and O–H groups in total. The van der Waals surface area contributed by atoms with E-state index in [1.165, 1.54) is 12.1 Å². The number of rotatable bonds is 1. The van der Waals surface area contributed by atoms with E-state index in [0.29, 0.717) is 0 Å². The van der Waals surface area contributed by atoms with Crippen LogP contribution < -0.4 is 0 Å². The molecule has 0 aliphatic heterocycles. The lowest BCUT2D eigenvalue weighted by molar-refractivity contribution is 0.483. The number of hydrogen-bond acceptors (Lipinski definition) is 2. The molecule has 0 saturated heterocycles. The number of hydrogen-bond donors (Lipinski definition) is 1. The number of halogens is 1. The van der Waals surface area contributed by atoms with Crippen molar-refractivity contribution >= 4 is 10.1 Å². The summed E-state index contributed by atoms with van der Waals surface area (Å²) in [6.07, 6.45) is 0.250. The first kappa shape index (κ1) is 11.8. The third-order valence-electron chi connectivity index (χ3n) is 1.04. The second-order valence-corrected chi connectivity index (χ2v) is 3.36. The highest BCUT2D eigenvalue weighted by atomic mass is 32.2. The molecule has 0 amide bonds. The molecule has 0 fully saturated rings. The monoisotopic (exact) mass is 204 g/mol. The molecule has 1 aromatic rings. The Kier molecular flexibility index (Phi) is 4.94. The Morgan fingerprint density at radius 1 is 1.31 bits per heavy atom. The first-order valence-corrected chi connectivity index (χ1v) is 4.70. The lowest BCUT2D eigenvalue weighted by Crippen LogP contribution is -1.96. The van der Waals surface area contributed by atoms with Crippen LogP contribution in [0.15, 0.2) is 48.1 Å². The van der Waals surface area contributed by atoms with E-state index in [9.17, 15) is 12.8 Å². The maximum absolute atomic E-state index is 10.4. The van der Waals surface area contributed by atoms with Crippen LogP contribution in [0.2, 0.25) is 0 Å². The van der Waals surface area contributed by atoms with Gasteiger partial charge in [-0.05, 0) is 12.1 Å². The van der Waals surface area contributed by atoms with Crippen LogP contribution in [0.1, 0.15) is 0 Å². The van der Waals surface area contributed by atoms with Crippen LogP contribution in [-0.4, -0.2) is 13.0 Å². The SMILES string of the molecule is C=CF.O=S(=O)(O)c1ccccc1. The first-order valence-electron chi connectivity index (χ1n) is 3.26. The second-order valence-electron chi connectivity index (χ2n) is 1.94. The van der Waals surface area contributed by atoms with Gasteiger partial charge in [0.25, 0.3) is 10.1 Å². The molecule has 0 heterocycles. The molecular formula is C8H9FO3S. The molecule has 5 heteroatoms. The summed E-state index contributed by atoms with van der Waals surface area (Å²) in [5.41, 5.74) is 0. The van der Waals surface area contributed by atoms with Crippen LogP contribution in [0.25, 0.3) is 0 Å². The Morgan fingerprint density at radius 3 is 1.92 bits per heavy atom. The van der Waals surface area contributed by atoms with Crippen LogP contribution in [0.4, 0.5) is 4.39 Å². The lowest BCUT2D eigenvalue weighted by atomic mass is 10.4. The van der Waals surface area contributed by atoms with Gasteiger partial charge in [-0.2, -0.15) is 8.42 Å². The molecule has 0 spiro atoms. The van der Waals surface area contributed by atoms with E-state index >= 15 is 0 Å². The predicted molar refractivity (Wildman–Crippen MR) is 47.6 cm³/mol. The topological polar surface area (TPSA) is 54.4 Å². The molecule has 0 saturated carbocycles. The highest BCUT2D eigenvalue weighted by Gasteiger charge is 2.05. The van der Waals surface area contributed by atoms with E-state index in [1.54, 1.807) is 18.2 Å². The van der Waals surface area contributed by atoms with Crippen LogP contribution in [0.3, 0.4) is 0 Å². The van der Waals surface area contributed by atoms with Crippen molar-refractivity contribution in [1.29, 1.82) is 0 Å². The average Bonchev–Trinajstić information content (AvgIpc) is 2.06. The Balaban J connectivity index is 0.000000424. The second kappa shape index (κ2) is 5.45. The Morgan fingerprint density at radius 2 is 1.69 bits per heavy atom. The van der Waals surface area contributed by atoms with Gasteiger partial charge < -0.3 is 0 Å². The fraction of sp³-hybridized carbons (Fsp3) is 0. The van der Waals surface area contributed by atoms with Crippen LogP contribution in [-0.2, 0) is 10.1 Å². The minimum Gasteiger partial charge on any atom is -0.282 e. The van der Waals surface area contributed by atoms with Crippen molar-refractivity contribution in [2.45, 2.75) is 4.90 Å². The fourth-order valence-electron chi connectivity index (χ4n) is 0.592. The van der Waals surface area contributed by atoms with Crippen LogP contribution in [0, 0.1) is 0 Å². The van der Waals surface area contributed by atoms with Crippen LogP contribution >= 0.6 is 0 Å². The summed E-state index contributed by atoms with van der Waals surface area (Å²) >= 11 is 0. The van der Waals surface area contributed by atoms with Crippen molar-refractivity contribution in [2.75, 3.05) is 0 Å². The Labute approximate surface area is 76.3 Å². The predicted octanol–water partition coefficient (Wildman–Crippen LogP) is 2.03. The van der Waals surface area contributed by atoms with Gasteiger partial charge in [-0.3, -0.25) is 4.55 Å². The van der Waals surface area contributed by atoms with Gasteiger partial charge in [-0.1, -0.05) is 24.8 Å². The van der Waals surface area contributed by atoms with E-state index in [-0.39, 0.29) is 11.2 Å². The van der Waals surface area contributed by atoms with Crippen molar-refractivity contribution < 1.29 is 17.4 Å². The molecule has 3 nitrogen and oxygen atoms in total. The van der Waals surface area contributed by atoms with Gasteiger partial charge in [0.05, 0.1) is 11.2 Å². The highest BCUT2D eigenvalue weighted by molar-refractivity contribution is 7.85. The van der Waals surface area contributed by atoms with Crippen LogP contribution in [0.5, 0.6) is 0 Å². The van der Waals surface area contributed by atoms with Gasteiger partial charge in [0.2, 0.25) is 0 Å². The highest BCUT2D eigenvalue weighted by Crippen LogP contribution is 2.05. The zero-order valence-corrected chi connectivity index (χ0v) is 7.54. The van der Waals surface area contributed by atoms with Crippen molar-refractivity contribution in [1.82, 2.24) is 0 Å². The third kappa shape index (κ3) is 5.10. The molecule has 0 bridgehead atoms. The minimum atomic E-state index is -4.00. The van der Waals surface area contributed by atoms with Crippen molar-refractivity contribution in [3.63, 3.8) is 0 Å². The minimum absolute atomic E-state index is 0.0741. The summed E-state index contributed by atoms with van der Waals surface area (Å²) in [6.45, 7) is 2.69. The molecule has 0 aliphatic rings. The van der Waals surface area contributed by atoms with E-state index < -0.39 is 10.1 Å². The summed E-state index contributed by atoms with van der Waals surface area (Å²) in [6, 6.07) is 7.42. The molecule has 72 valence electrons. The third-order valence-corrected chi connectivity index (χ3v) is 1.91. The molecule has 0 aliphatic carbocycles. The molecular weight excluding hydrogens is 195 g/mol. The van der Waals surface area contributed by atoms with E-state index in [1.807, 2.05) is 0 Å². The molecule has 0 radical (unpaired) electrons. The van der Waals surface area contributed by atoms with E-state index in [0.717, 1.165) is 0 Å². The van der Waals surface area contributed by atoms with Gasteiger partial charge in [0, 0.05) is 0 Å². The van der Waals surface area contributed by atoms with Crippen molar-refractivity contribution in [3.05, 3.63) is 43.2 Å². The zero-order valence-electron chi connectivity index (χ0n) is 6.72. The maximum Gasteiger partial charge on any atom is 0.294 e. The molecule has 1 rings (SSSR count). The summed E-state index contributed by atoms with van der Waals surface area (Å²) in [4.78, 5) is -0.0741. The van der Waals surface area contributed by atoms with Crippen molar-refractivity contribution in [3.8, 4) is 0 Å². The lowest BCUT2D eigenvalue weighted by Gasteiger charge is -1.92.